The molecule has 5 nitrogen and oxygen atoms in total. The molecular formula is C13H13N3O2. The van der Waals surface area contributed by atoms with E-state index in [0.29, 0.717) is 12.8 Å². The highest BCUT2D eigenvalue weighted by molar-refractivity contribution is 5.71. The standard InChI is InChI=1S/C13H13N3O2/c17-13(18)10-6-2-1-5-9(10)12-15-14-11-7-3-4-8-16(11)12/h1-4,7-10H,5-6H2,(H,17,18). The van der Waals surface area contributed by atoms with Gasteiger partial charge < -0.3 is 5.11 Å². The molecule has 1 aliphatic carbocycles. The summed E-state index contributed by atoms with van der Waals surface area (Å²) in [4.78, 5) is 11.3. The molecule has 2 unspecified atom stereocenters. The number of carboxylic acids is 1. The number of carbonyl (C=O) groups is 1. The SMILES string of the molecule is O=C(O)C1CC=CCC1c1nnc2ccccn12. The number of aliphatic carboxylic acids is 1. The van der Waals surface area contributed by atoms with Crippen molar-refractivity contribution >= 4 is 11.6 Å². The zero-order valence-corrected chi connectivity index (χ0v) is 9.73. The highest BCUT2D eigenvalue weighted by atomic mass is 16.4. The quantitative estimate of drug-likeness (QED) is 0.817. The number of allylic oxidation sites excluding steroid dienone is 2. The first kappa shape index (κ1) is 11.0. The number of aromatic nitrogens is 3. The molecular weight excluding hydrogens is 230 g/mol. The van der Waals surface area contributed by atoms with E-state index in [1.165, 1.54) is 0 Å². The van der Waals surface area contributed by atoms with Crippen molar-refractivity contribution in [3.05, 3.63) is 42.4 Å². The molecule has 5 heteroatoms. The first-order valence-electron chi connectivity index (χ1n) is 5.95. The predicted octanol–water partition coefficient (Wildman–Crippen LogP) is 1.86. The monoisotopic (exact) mass is 243 g/mol. The molecule has 2 aromatic rings. The summed E-state index contributed by atoms with van der Waals surface area (Å²) < 4.78 is 1.87. The Morgan fingerprint density at radius 1 is 1.28 bits per heavy atom. The van der Waals surface area contributed by atoms with Crippen molar-refractivity contribution in [2.45, 2.75) is 18.8 Å². The van der Waals surface area contributed by atoms with Gasteiger partial charge in [-0.2, -0.15) is 0 Å². The van der Waals surface area contributed by atoms with Crippen molar-refractivity contribution in [1.82, 2.24) is 14.6 Å². The molecule has 0 radical (unpaired) electrons. The number of rotatable bonds is 2. The Kier molecular flexibility index (Phi) is 2.59. The number of nitrogens with zero attached hydrogens (tertiary/aromatic N) is 3. The molecule has 0 saturated carbocycles. The maximum atomic E-state index is 11.3. The highest BCUT2D eigenvalue weighted by Crippen LogP contribution is 2.33. The van der Waals surface area contributed by atoms with Gasteiger partial charge in [0.15, 0.2) is 5.65 Å². The van der Waals surface area contributed by atoms with Gasteiger partial charge in [-0.1, -0.05) is 18.2 Å². The summed E-state index contributed by atoms with van der Waals surface area (Å²) in [6.45, 7) is 0. The Labute approximate surface area is 104 Å². The lowest BCUT2D eigenvalue weighted by Crippen LogP contribution is -2.25. The Morgan fingerprint density at radius 2 is 2.11 bits per heavy atom. The molecule has 1 N–H and O–H groups in total. The van der Waals surface area contributed by atoms with Gasteiger partial charge in [-0.15, -0.1) is 10.2 Å². The molecule has 3 rings (SSSR count). The summed E-state index contributed by atoms with van der Waals surface area (Å²) in [6, 6.07) is 5.66. The van der Waals surface area contributed by atoms with Crippen molar-refractivity contribution < 1.29 is 9.90 Å². The summed E-state index contributed by atoms with van der Waals surface area (Å²) >= 11 is 0. The summed E-state index contributed by atoms with van der Waals surface area (Å²) in [5.41, 5.74) is 0.756. The van der Waals surface area contributed by atoms with E-state index in [1.807, 2.05) is 40.9 Å². The molecule has 0 saturated heterocycles. The molecule has 92 valence electrons. The van der Waals surface area contributed by atoms with Gasteiger partial charge in [-0.25, -0.2) is 0 Å². The summed E-state index contributed by atoms with van der Waals surface area (Å²) in [6.07, 6.45) is 7.09. The molecule has 18 heavy (non-hydrogen) atoms. The lowest BCUT2D eigenvalue weighted by atomic mass is 9.82. The molecule has 0 aliphatic heterocycles. The van der Waals surface area contributed by atoms with Gasteiger partial charge in [0, 0.05) is 12.1 Å². The maximum Gasteiger partial charge on any atom is 0.307 e. The zero-order chi connectivity index (χ0) is 12.5. The number of fused-ring (bicyclic) bond motifs is 1. The van der Waals surface area contributed by atoms with Gasteiger partial charge in [0.25, 0.3) is 0 Å². The van der Waals surface area contributed by atoms with E-state index in [4.69, 9.17) is 0 Å². The van der Waals surface area contributed by atoms with Crippen LogP contribution in [0.4, 0.5) is 0 Å². The molecule has 1 aliphatic rings. The molecule has 0 bridgehead atoms. The second-order valence-electron chi connectivity index (χ2n) is 4.48. The van der Waals surface area contributed by atoms with Gasteiger partial charge >= 0.3 is 5.97 Å². The summed E-state index contributed by atoms with van der Waals surface area (Å²) in [7, 11) is 0. The van der Waals surface area contributed by atoms with Crippen LogP contribution in [-0.4, -0.2) is 25.7 Å². The Balaban J connectivity index is 2.07. The van der Waals surface area contributed by atoms with Gasteiger partial charge in [0.05, 0.1) is 5.92 Å². The van der Waals surface area contributed by atoms with E-state index < -0.39 is 11.9 Å². The van der Waals surface area contributed by atoms with E-state index in [2.05, 4.69) is 10.2 Å². The summed E-state index contributed by atoms with van der Waals surface area (Å²) in [5, 5.41) is 17.5. The van der Waals surface area contributed by atoms with Crippen LogP contribution in [0.5, 0.6) is 0 Å². The summed E-state index contributed by atoms with van der Waals surface area (Å²) in [5.74, 6) is -0.549. The topological polar surface area (TPSA) is 67.5 Å². The smallest absolute Gasteiger partial charge is 0.307 e. The van der Waals surface area contributed by atoms with Crippen LogP contribution in [-0.2, 0) is 4.79 Å². The highest BCUT2D eigenvalue weighted by Gasteiger charge is 2.32. The van der Waals surface area contributed by atoms with Crippen LogP contribution in [0.1, 0.15) is 24.6 Å². The zero-order valence-electron chi connectivity index (χ0n) is 9.73. The van der Waals surface area contributed by atoms with Crippen LogP contribution in [0.3, 0.4) is 0 Å². The van der Waals surface area contributed by atoms with E-state index in [1.54, 1.807) is 0 Å². The fraction of sp³-hybridized carbons (Fsp3) is 0.308. The molecule has 2 aromatic heterocycles. The Hall–Kier alpha value is -2.17. The van der Waals surface area contributed by atoms with Gasteiger partial charge in [0.2, 0.25) is 0 Å². The van der Waals surface area contributed by atoms with Gasteiger partial charge in [0.1, 0.15) is 5.82 Å². The molecule has 2 atom stereocenters. The number of hydrogen-bond acceptors (Lipinski definition) is 3. The largest absolute Gasteiger partial charge is 0.481 e. The van der Waals surface area contributed by atoms with Crippen molar-refractivity contribution in [2.24, 2.45) is 5.92 Å². The van der Waals surface area contributed by atoms with E-state index >= 15 is 0 Å². The first-order valence-corrected chi connectivity index (χ1v) is 5.95. The third-order valence-corrected chi connectivity index (χ3v) is 3.42. The Bertz CT molecular complexity index is 617. The minimum absolute atomic E-state index is 0.107. The average Bonchev–Trinajstić information content (AvgIpc) is 2.82. The van der Waals surface area contributed by atoms with Crippen LogP contribution in [0, 0.1) is 5.92 Å². The maximum absolute atomic E-state index is 11.3. The van der Waals surface area contributed by atoms with Crippen molar-refractivity contribution in [2.75, 3.05) is 0 Å². The second kappa shape index (κ2) is 4.25. The predicted molar refractivity (Wildman–Crippen MR) is 65.2 cm³/mol. The minimum Gasteiger partial charge on any atom is -0.481 e. The van der Waals surface area contributed by atoms with Gasteiger partial charge in [-0.05, 0) is 25.0 Å². The van der Waals surface area contributed by atoms with Crippen LogP contribution in [0.2, 0.25) is 0 Å². The lowest BCUT2D eigenvalue weighted by molar-refractivity contribution is -0.142. The minimum atomic E-state index is -0.767. The molecule has 0 aromatic carbocycles. The third kappa shape index (κ3) is 1.68. The van der Waals surface area contributed by atoms with Crippen LogP contribution in [0.15, 0.2) is 36.5 Å². The molecule has 0 amide bonds. The lowest BCUT2D eigenvalue weighted by Gasteiger charge is -2.23. The normalized spacial score (nSPS) is 23.3. The first-order chi connectivity index (χ1) is 8.77. The molecule has 2 heterocycles. The van der Waals surface area contributed by atoms with Crippen molar-refractivity contribution in [3.63, 3.8) is 0 Å². The average molecular weight is 243 g/mol. The second-order valence-corrected chi connectivity index (χ2v) is 4.48. The van der Waals surface area contributed by atoms with Crippen LogP contribution < -0.4 is 0 Å². The van der Waals surface area contributed by atoms with Crippen molar-refractivity contribution in [1.29, 1.82) is 0 Å². The number of hydrogen-bond donors (Lipinski definition) is 1. The molecule has 0 spiro atoms. The molecule has 0 fully saturated rings. The van der Waals surface area contributed by atoms with E-state index in [9.17, 15) is 9.90 Å². The van der Waals surface area contributed by atoms with Gasteiger partial charge in [-0.3, -0.25) is 9.20 Å². The van der Waals surface area contributed by atoms with Crippen molar-refractivity contribution in [3.8, 4) is 0 Å². The van der Waals surface area contributed by atoms with Crippen LogP contribution in [0.25, 0.3) is 5.65 Å². The fourth-order valence-electron chi connectivity index (χ4n) is 2.49. The fourth-order valence-corrected chi connectivity index (χ4v) is 2.49. The van der Waals surface area contributed by atoms with Crippen LogP contribution >= 0.6 is 0 Å². The van der Waals surface area contributed by atoms with E-state index in [-0.39, 0.29) is 5.92 Å². The van der Waals surface area contributed by atoms with E-state index in [0.717, 1.165) is 11.5 Å². The Morgan fingerprint density at radius 3 is 2.94 bits per heavy atom. The number of pyridine rings is 1. The third-order valence-electron chi connectivity index (χ3n) is 3.42. The number of carboxylic acid groups (broad SMARTS) is 1.